The third-order valence-corrected chi connectivity index (χ3v) is 3.02. The van der Waals surface area contributed by atoms with Gasteiger partial charge in [0.2, 0.25) is 0 Å². The molecule has 0 aromatic heterocycles. The summed E-state index contributed by atoms with van der Waals surface area (Å²) in [4.78, 5) is 1.76. The molecular weight excluding hydrogens is 221 g/mol. The second-order valence-electron chi connectivity index (χ2n) is 4.36. The fourth-order valence-electron chi connectivity index (χ4n) is 1.98. The number of hydrogen-bond donors (Lipinski definition) is 2. The van der Waals surface area contributed by atoms with Gasteiger partial charge in [-0.2, -0.15) is 13.2 Å². The molecule has 0 spiro atoms. The summed E-state index contributed by atoms with van der Waals surface area (Å²) < 4.78 is 37.5. The van der Waals surface area contributed by atoms with E-state index in [1.165, 1.54) is 0 Å². The lowest BCUT2D eigenvalue weighted by Gasteiger charge is -2.34. The van der Waals surface area contributed by atoms with E-state index >= 15 is 0 Å². The second-order valence-corrected chi connectivity index (χ2v) is 4.36. The third kappa shape index (κ3) is 4.27. The number of hydrogen-bond acceptors (Lipinski definition) is 3. The minimum atomic E-state index is -4.09. The molecule has 3 N–H and O–H groups in total. The van der Waals surface area contributed by atoms with Gasteiger partial charge in [-0.1, -0.05) is 0 Å². The van der Waals surface area contributed by atoms with Crippen molar-refractivity contribution in [1.29, 1.82) is 0 Å². The number of nitrogens with two attached hydrogens (primary N) is 1. The molecule has 0 bridgehead atoms. The van der Waals surface area contributed by atoms with E-state index in [1.807, 2.05) is 0 Å². The number of piperidine rings is 1. The molecule has 0 aromatic carbocycles. The Morgan fingerprint density at radius 2 is 2.12 bits per heavy atom. The van der Waals surface area contributed by atoms with Crippen molar-refractivity contribution in [1.82, 2.24) is 4.90 Å². The summed E-state index contributed by atoms with van der Waals surface area (Å²) in [6.45, 7) is 1.39. The Morgan fingerprint density at radius 1 is 1.44 bits per heavy atom. The molecule has 6 heteroatoms. The number of nitrogens with zero attached hydrogens (tertiary/aromatic N) is 1. The zero-order chi connectivity index (χ0) is 12.2. The first kappa shape index (κ1) is 13.7. The van der Waals surface area contributed by atoms with Crippen LogP contribution in [0.4, 0.5) is 13.2 Å². The molecule has 0 aromatic rings. The zero-order valence-electron chi connectivity index (χ0n) is 9.21. The highest BCUT2D eigenvalue weighted by atomic mass is 19.4. The van der Waals surface area contributed by atoms with Crippen molar-refractivity contribution in [3.8, 4) is 0 Å². The van der Waals surface area contributed by atoms with Crippen molar-refractivity contribution in [3.63, 3.8) is 0 Å². The van der Waals surface area contributed by atoms with Crippen molar-refractivity contribution in [2.75, 3.05) is 26.2 Å². The first-order valence-corrected chi connectivity index (χ1v) is 5.60. The molecule has 0 amide bonds. The van der Waals surface area contributed by atoms with Crippen LogP contribution in [-0.2, 0) is 0 Å². The SMILES string of the molecule is NCC(O)CCN1CCCC(C(F)(F)F)C1. The zero-order valence-corrected chi connectivity index (χ0v) is 9.21. The Kier molecular flexibility index (Phi) is 5.01. The minimum Gasteiger partial charge on any atom is -0.392 e. The standard InChI is InChI=1S/C10H19F3N2O/c11-10(12,13)8-2-1-4-15(7-8)5-3-9(16)6-14/h8-9,16H,1-7,14H2. The van der Waals surface area contributed by atoms with Crippen molar-refractivity contribution < 1.29 is 18.3 Å². The van der Waals surface area contributed by atoms with Gasteiger partial charge in [0.05, 0.1) is 12.0 Å². The lowest BCUT2D eigenvalue weighted by Crippen LogP contribution is -2.42. The number of likely N-dealkylation sites (tertiary alicyclic amines) is 1. The Balaban J connectivity index is 2.33. The van der Waals surface area contributed by atoms with Gasteiger partial charge in [-0.3, -0.25) is 0 Å². The highest BCUT2D eigenvalue weighted by Gasteiger charge is 2.41. The van der Waals surface area contributed by atoms with E-state index in [2.05, 4.69) is 0 Å². The van der Waals surface area contributed by atoms with Crippen LogP contribution >= 0.6 is 0 Å². The number of alkyl halides is 3. The van der Waals surface area contributed by atoms with Gasteiger partial charge in [0.1, 0.15) is 0 Å². The Morgan fingerprint density at radius 3 is 2.69 bits per heavy atom. The van der Waals surface area contributed by atoms with Gasteiger partial charge >= 0.3 is 6.18 Å². The summed E-state index contributed by atoms with van der Waals surface area (Å²) in [6.07, 6.45) is -3.46. The molecule has 1 saturated heterocycles. The lowest BCUT2D eigenvalue weighted by molar-refractivity contribution is -0.186. The molecule has 2 atom stereocenters. The van der Waals surface area contributed by atoms with Gasteiger partial charge in [0.15, 0.2) is 0 Å². The smallest absolute Gasteiger partial charge is 0.392 e. The second kappa shape index (κ2) is 5.84. The molecule has 1 heterocycles. The Bertz CT molecular complexity index is 211. The highest BCUT2D eigenvalue weighted by molar-refractivity contribution is 4.78. The maximum absolute atomic E-state index is 12.5. The summed E-state index contributed by atoms with van der Waals surface area (Å²) >= 11 is 0. The third-order valence-electron chi connectivity index (χ3n) is 3.02. The van der Waals surface area contributed by atoms with Crippen LogP contribution in [0.1, 0.15) is 19.3 Å². The summed E-state index contributed by atoms with van der Waals surface area (Å²) in [6, 6.07) is 0. The van der Waals surface area contributed by atoms with Gasteiger partial charge in [0.25, 0.3) is 0 Å². The number of rotatable bonds is 4. The average Bonchev–Trinajstić information content (AvgIpc) is 2.25. The number of aliphatic hydroxyl groups is 1. The van der Waals surface area contributed by atoms with E-state index in [1.54, 1.807) is 4.90 Å². The van der Waals surface area contributed by atoms with Gasteiger partial charge < -0.3 is 15.7 Å². The van der Waals surface area contributed by atoms with E-state index in [-0.39, 0.29) is 19.5 Å². The number of halogens is 3. The summed E-state index contributed by atoms with van der Waals surface area (Å²) in [5.41, 5.74) is 5.24. The molecule has 1 fully saturated rings. The van der Waals surface area contributed by atoms with Crippen molar-refractivity contribution in [3.05, 3.63) is 0 Å². The lowest BCUT2D eigenvalue weighted by atomic mass is 9.97. The molecule has 1 aliphatic heterocycles. The maximum Gasteiger partial charge on any atom is 0.393 e. The Labute approximate surface area is 93.4 Å². The van der Waals surface area contributed by atoms with Crippen LogP contribution in [0, 0.1) is 5.92 Å². The van der Waals surface area contributed by atoms with E-state index in [0.29, 0.717) is 25.9 Å². The van der Waals surface area contributed by atoms with Crippen LogP contribution in [0.3, 0.4) is 0 Å². The summed E-state index contributed by atoms with van der Waals surface area (Å²) in [7, 11) is 0. The quantitative estimate of drug-likeness (QED) is 0.770. The molecule has 2 unspecified atom stereocenters. The molecule has 0 radical (unpaired) electrons. The summed E-state index contributed by atoms with van der Waals surface area (Å²) in [5, 5.41) is 9.24. The molecule has 16 heavy (non-hydrogen) atoms. The highest BCUT2D eigenvalue weighted by Crippen LogP contribution is 2.33. The van der Waals surface area contributed by atoms with Gasteiger partial charge in [-0.25, -0.2) is 0 Å². The largest absolute Gasteiger partial charge is 0.393 e. The topological polar surface area (TPSA) is 49.5 Å². The van der Waals surface area contributed by atoms with Crippen LogP contribution in [0.2, 0.25) is 0 Å². The number of aliphatic hydroxyl groups excluding tert-OH is 1. The van der Waals surface area contributed by atoms with E-state index in [0.717, 1.165) is 0 Å². The molecular formula is C10H19F3N2O. The van der Waals surface area contributed by atoms with Crippen LogP contribution in [0.5, 0.6) is 0 Å². The molecule has 1 aliphatic rings. The van der Waals surface area contributed by atoms with Crippen molar-refractivity contribution in [2.24, 2.45) is 11.7 Å². The van der Waals surface area contributed by atoms with Gasteiger partial charge in [0, 0.05) is 19.6 Å². The van der Waals surface area contributed by atoms with Gasteiger partial charge in [-0.05, 0) is 25.8 Å². The van der Waals surface area contributed by atoms with Crippen LogP contribution in [0.25, 0.3) is 0 Å². The summed E-state index contributed by atoms with van der Waals surface area (Å²) in [5.74, 6) is -1.21. The predicted molar refractivity (Wildman–Crippen MR) is 54.9 cm³/mol. The molecule has 0 aliphatic carbocycles. The van der Waals surface area contributed by atoms with Crippen LogP contribution < -0.4 is 5.73 Å². The first-order chi connectivity index (χ1) is 7.43. The average molecular weight is 240 g/mol. The molecule has 1 rings (SSSR count). The predicted octanol–water partition coefficient (Wildman–Crippen LogP) is 0.970. The van der Waals surface area contributed by atoms with E-state index in [9.17, 15) is 18.3 Å². The molecule has 96 valence electrons. The monoisotopic (exact) mass is 240 g/mol. The van der Waals surface area contributed by atoms with Gasteiger partial charge in [-0.15, -0.1) is 0 Å². The van der Waals surface area contributed by atoms with E-state index in [4.69, 9.17) is 5.73 Å². The minimum absolute atomic E-state index is 0.0563. The maximum atomic E-state index is 12.5. The van der Waals surface area contributed by atoms with E-state index < -0.39 is 18.2 Å². The fraction of sp³-hybridized carbons (Fsp3) is 1.00. The van der Waals surface area contributed by atoms with Crippen molar-refractivity contribution >= 4 is 0 Å². The Hall–Kier alpha value is -0.330. The normalized spacial score (nSPS) is 25.7. The van der Waals surface area contributed by atoms with Crippen LogP contribution in [-0.4, -0.2) is 48.5 Å². The molecule has 0 saturated carbocycles. The fourth-order valence-corrected chi connectivity index (χ4v) is 1.98. The van der Waals surface area contributed by atoms with Crippen LogP contribution in [0.15, 0.2) is 0 Å². The molecule has 3 nitrogen and oxygen atoms in total. The van der Waals surface area contributed by atoms with Crippen molar-refractivity contribution in [2.45, 2.75) is 31.5 Å². The first-order valence-electron chi connectivity index (χ1n) is 5.60.